The molecular formula is C87H111N7O14. The van der Waals surface area contributed by atoms with E-state index in [-0.39, 0.29) is 94.1 Å². The molecule has 578 valence electrons. The van der Waals surface area contributed by atoms with Crippen LogP contribution >= 0.6 is 0 Å². The SMILES string of the molecule is COc1ccc(C(NCCCC[C@H](NC(=O)[C@H](Cc2ccccc2)NC(=O)CCC(=O)NCCOCCOCCNC(=O)O[C@H]2CC[C@@]3(C)C(=CC[C@H]4C5CC[C@H]([C@H](C)CCCC(C)C)[C@@]5(C)CC[C@@H]43)C2)C(=O)Nc2ccc(COC(=O)Oc3ccc([N+](=O)[O-])cc3)cc2)(c2ccccc2)c2ccccc2)cc1. The van der Waals surface area contributed by atoms with Gasteiger partial charge in [0, 0.05) is 56.6 Å². The standard InChI is InChI=1S/C87H111N7O14/c1-60(2)19-18-20-61(3)74-42-43-75-73-41-32-67-58-72(46-48-85(67,4)76(73)47-49-86(74,75)5)107-83(99)89-52-54-105-56-55-104-53-51-88-79(95)44-45-80(96)92-78(57-62-21-10-7-11-22-62)82(98)93-77(81(97)91-68-33-28-63(29-34-68)59-106-84(100)108-71-39-35-69(36-40-71)94(101)102)27-16-17-50-90-87(64-23-12-8-13-24-64,65-25-14-9-15-26-65)66-30-37-70(103-6)38-31-66/h7-15,21-26,28-40,60-61,72-78,90H,16-20,27,41-59H2,1-6H3,(H,88,95)(H,89,99)(H,91,97)(H,92,96)(H,93,98)/t61-,72+,73+,74-,75?,76+,77+,78+,85+,86-/m1/s1. The van der Waals surface area contributed by atoms with Crippen LogP contribution in [-0.2, 0) is 56.7 Å². The first-order chi connectivity index (χ1) is 52.2. The molecule has 108 heavy (non-hydrogen) atoms. The summed E-state index contributed by atoms with van der Waals surface area (Å²) >= 11 is 0. The Hall–Kier alpha value is -9.44. The smallest absolute Gasteiger partial charge is 0.497 e. The van der Waals surface area contributed by atoms with Crippen LogP contribution in [0.15, 0.2) is 175 Å². The van der Waals surface area contributed by atoms with Gasteiger partial charge >= 0.3 is 12.2 Å². The fourth-order valence-corrected chi connectivity index (χ4v) is 17.5. The number of nitro benzene ring substituents is 1. The van der Waals surface area contributed by atoms with Crippen molar-refractivity contribution in [2.45, 2.75) is 174 Å². The molecule has 3 saturated carbocycles. The summed E-state index contributed by atoms with van der Waals surface area (Å²) in [6.45, 7) is 14.2. The van der Waals surface area contributed by atoms with Gasteiger partial charge in [-0.1, -0.05) is 181 Å². The van der Waals surface area contributed by atoms with Gasteiger partial charge in [0.1, 0.15) is 36.3 Å². The Morgan fingerprint density at radius 1 is 0.602 bits per heavy atom. The zero-order valence-electron chi connectivity index (χ0n) is 63.7. The molecule has 1 unspecified atom stereocenters. The molecule has 21 heteroatoms. The number of fused-ring (bicyclic) bond motifs is 5. The average Bonchev–Trinajstić information content (AvgIpc) is 1.41. The van der Waals surface area contributed by atoms with E-state index >= 15 is 0 Å². The number of methoxy groups -OCH3 is 1. The molecule has 0 aromatic heterocycles. The van der Waals surface area contributed by atoms with E-state index in [1.807, 2.05) is 91.0 Å². The lowest BCUT2D eigenvalue weighted by Crippen LogP contribution is -2.53. The number of hydrogen-bond acceptors (Lipinski definition) is 15. The number of nitrogens with one attached hydrogen (secondary N) is 6. The van der Waals surface area contributed by atoms with Crippen molar-refractivity contribution in [1.82, 2.24) is 26.6 Å². The molecular weight excluding hydrogens is 1370 g/mol. The van der Waals surface area contributed by atoms with Crippen LogP contribution in [0.25, 0.3) is 0 Å². The number of allylic oxidation sites excluding steroid dienone is 1. The molecule has 4 aliphatic rings. The molecule has 3 fully saturated rings. The van der Waals surface area contributed by atoms with E-state index in [1.165, 1.54) is 74.8 Å². The van der Waals surface area contributed by atoms with Crippen LogP contribution in [0.2, 0.25) is 0 Å². The van der Waals surface area contributed by atoms with Gasteiger partial charge in [0.15, 0.2) is 0 Å². The number of alkyl carbamates (subject to hydrolysis) is 1. The summed E-state index contributed by atoms with van der Waals surface area (Å²) in [6.07, 6.45) is 15.3. The minimum Gasteiger partial charge on any atom is -0.497 e. The summed E-state index contributed by atoms with van der Waals surface area (Å²) in [5, 5.41) is 29.4. The van der Waals surface area contributed by atoms with Crippen LogP contribution < -0.4 is 41.4 Å². The molecule has 5 amide bonds. The number of carbonyl (C=O) groups excluding carboxylic acids is 6. The number of benzene rings is 6. The average molecular weight is 1480 g/mol. The third-order valence-corrected chi connectivity index (χ3v) is 23.2. The predicted octanol–water partition coefficient (Wildman–Crippen LogP) is 15.3. The Morgan fingerprint density at radius 3 is 1.90 bits per heavy atom. The van der Waals surface area contributed by atoms with E-state index in [1.54, 1.807) is 31.4 Å². The van der Waals surface area contributed by atoms with Crippen LogP contribution in [0.3, 0.4) is 0 Å². The molecule has 0 saturated heterocycles. The molecule has 0 bridgehead atoms. The van der Waals surface area contributed by atoms with Gasteiger partial charge in [-0.15, -0.1) is 0 Å². The van der Waals surface area contributed by atoms with Crippen LogP contribution in [-0.4, -0.2) is 112 Å². The fourth-order valence-electron chi connectivity index (χ4n) is 17.5. The lowest BCUT2D eigenvalue weighted by Gasteiger charge is -2.58. The Bertz CT molecular complexity index is 3880. The first kappa shape index (κ1) is 81.1. The summed E-state index contributed by atoms with van der Waals surface area (Å²) in [7, 11) is 1.63. The minimum absolute atomic E-state index is 0.0625. The highest BCUT2D eigenvalue weighted by atomic mass is 16.7. The maximum Gasteiger partial charge on any atom is 0.514 e. The van der Waals surface area contributed by atoms with E-state index in [9.17, 15) is 38.9 Å². The number of unbranched alkanes of at least 4 members (excludes halogenated alkanes) is 1. The molecule has 0 heterocycles. The number of rotatable bonds is 39. The van der Waals surface area contributed by atoms with Gasteiger partial charge in [-0.3, -0.25) is 34.6 Å². The quantitative estimate of drug-likeness (QED) is 0.00398. The molecule has 0 aliphatic heterocycles. The summed E-state index contributed by atoms with van der Waals surface area (Å²) < 4.78 is 33.4. The Morgan fingerprint density at radius 2 is 1.24 bits per heavy atom. The van der Waals surface area contributed by atoms with Gasteiger partial charge in [-0.25, -0.2) is 9.59 Å². The summed E-state index contributed by atoms with van der Waals surface area (Å²) in [5.41, 5.74) is 5.88. The van der Waals surface area contributed by atoms with Crippen molar-refractivity contribution in [3.05, 3.63) is 213 Å². The highest BCUT2D eigenvalue weighted by Gasteiger charge is 2.59. The Labute approximate surface area is 636 Å². The Balaban J connectivity index is 0.668. The van der Waals surface area contributed by atoms with Crippen molar-refractivity contribution < 1.29 is 62.1 Å². The minimum atomic E-state index is -1.14. The second-order valence-electron chi connectivity index (χ2n) is 30.6. The van der Waals surface area contributed by atoms with Crippen LogP contribution in [0.1, 0.15) is 165 Å². The maximum absolute atomic E-state index is 14.7. The third kappa shape index (κ3) is 21.9. The summed E-state index contributed by atoms with van der Waals surface area (Å²) in [6, 6.07) is 46.7. The second kappa shape index (κ2) is 39.6. The van der Waals surface area contributed by atoms with Crippen molar-refractivity contribution in [1.29, 1.82) is 0 Å². The van der Waals surface area contributed by atoms with E-state index in [0.29, 0.717) is 54.3 Å². The lowest BCUT2D eigenvalue weighted by molar-refractivity contribution is -0.384. The van der Waals surface area contributed by atoms with Crippen molar-refractivity contribution >= 4 is 47.3 Å². The topological polar surface area (TPSA) is 273 Å². The van der Waals surface area contributed by atoms with E-state index in [0.717, 1.165) is 77.5 Å². The number of carbonyl (C=O) groups is 6. The van der Waals surface area contributed by atoms with Crippen LogP contribution in [0.4, 0.5) is 21.0 Å². The van der Waals surface area contributed by atoms with Gasteiger partial charge in [-0.2, -0.15) is 0 Å². The van der Waals surface area contributed by atoms with Crippen LogP contribution in [0.5, 0.6) is 11.5 Å². The number of anilines is 1. The highest BCUT2D eigenvalue weighted by Crippen LogP contribution is 2.67. The summed E-state index contributed by atoms with van der Waals surface area (Å²) in [4.78, 5) is 92.0. The van der Waals surface area contributed by atoms with Crippen molar-refractivity contribution in [2.75, 3.05) is 58.5 Å². The van der Waals surface area contributed by atoms with Gasteiger partial charge in [0.2, 0.25) is 23.6 Å². The number of ether oxygens (including phenoxy) is 6. The monoisotopic (exact) mass is 1480 g/mol. The third-order valence-electron chi connectivity index (χ3n) is 23.2. The van der Waals surface area contributed by atoms with Gasteiger partial charge in [-0.05, 0) is 181 Å². The van der Waals surface area contributed by atoms with Crippen LogP contribution in [0, 0.1) is 56.5 Å². The second-order valence-corrected chi connectivity index (χ2v) is 30.6. The fraction of sp³-hybridized carbons (Fsp3) is 0.494. The summed E-state index contributed by atoms with van der Waals surface area (Å²) in [5.74, 6) is 3.41. The van der Waals surface area contributed by atoms with Crippen molar-refractivity contribution in [3.8, 4) is 11.5 Å². The lowest BCUT2D eigenvalue weighted by atomic mass is 9.47. The molecule has 6 aromatic rings. The zero-order valence-corrected chi connectivity index (χ0v) is 63.7. The van der Waals surface area contributed by atoms with Crippen molar-refractivity contribution in [3.63, 3.8) is 0 Å². The van der Waals surface area contributed by atoms with E-state index in [4.69, 9.17) is 28.4 Å². The first-order valence-electron chi connectivity index (χ1n) is 38.9. The largest absolute Gasteiger partial charge is 0.514 e. The first-order valence-corrected chi connectivity index (χ1v) is 38.9. The molecule has 0 spiro atoms. The number of nitro groups is 1. The molecule has 10 atom stereocenters. The number of nitrogens with zero attached hydrogens (tertiary/aromatic N) is 1. The van der Waals surface area contributed by atoms with E-state index < -0.39 is 52.5 Å². The molecule has 21 nitrogen and oxygen atoms in total. The normalized spacial score (nSPS) is 20.9. The van der Waals surface area contributed by atoms with Gasteiger partial charge in [0.05, 0.1) is 44.0 Å². The van der Waals surface area contributed by atoms with Crippen molar-refractivity contribution in [2.24, 2.45) is 46.3 Å². The van der Waals surface area contributed by atoms with Gasteiger partial charge in [0.25, 0.3) is 5.69 Å². The van der Waals surface area contributed by atoms with E-state index in [2.05, 4.69) is 96.9 Å². The number of non-ortho nitro benzene ring substituents is 1. The number of hydrogen-bond donors (Lipinski definition) is 6. The maximum atomic E-state index is 14.7. The number of amides is 5. The molecule has 0 radical (unpaired) electrons. The predicted molar refractivity (Wildman–Crippen MR) is 416 cm³/mol. The molecule has 10 rings (SSSR count). The molecule has 6 N–H and O–H groups in total. The Kier molecular flexibility index (Phi) is 29.7. The molecule has 6 aromatic carbocycles. The zero-order chi connectivity index (χ0) is 76.5. The van der Waals surface area contributed by atoms with Gasteiger partial charge < -0.3 is 55.0 Å². The molecule has 4 aliphatic carbocycles. The highest BCUT2D eigenvalue weighted by molar-refractivity contribution is 5.98.